The summed E-state index contributed by atoms with van der Waals surface area (Å²) in [5, 5.41) is 6.57. The molecule has 0 spiro atoms. The lowest BCUT2D eigenvalue weighted by Gasteiger charge is -2.31. The molecule has 0 fully saturated rings. The van der Waals surface area contributed by atoms with Crippen LogP contribution in [0.4, 0.5) is 0 Å². The largest absolute Gasteiger partial charge is 0.354 e. The maximum atomic E-state index is 12.2. The number of amides is 1. The molecule has 2 unspecified atom stereocenters. The van der Waals surface area contributed by atoms with Gasteiger partial charge in [0.05, 0.1) is 0 Å². The highest BCUT2D eigenvalue weighted by Crippen LogP contribution is 2.16. The smallest absolute Gasteiger partial charge is 0.221 e. The Kier molecular flexibility index (Phi) is 6.73. The van der Waals surface area contributed by atoms with E-state index in [0.717, 1.165) is 5.56 Å². The minimum atomic E-state index is -0.277. The van der Waals surface area contributed by atoms with E-state index in [9.17, 15) is 4.79 Å². The zero-order valence-corrected chi connectivity index (χ0v) is 15.3. The molecule has 134 valence electrons. The minimum Gasteiger partial charge on any atom is -0.354 e. The average molecular weight is 339 g/mol. The van der Waals surface area contributed by atoms with Gasteiger partial charge >= 0.3 is 0 Å². The summed E-state index contributed by atoms with van der Waals surface area (Å²) in [4.78, 5) is 12.2. The highest BCUT2D eigenvalue weighted by Gasteiger charge is 2.22. The van der Waals surface area contributed by atoms with Gasteiger partial charge in [0.2, 0.25) is 5.91 Å². The van der Waals surface area contributed by atoms with Crippen LogP contribution in [0.2, 0.25) is 0 Å². The van der Waals surface area contributed by atoms with Crippen molar-refractivity contribution in [3.05, 3.63) is 71.8 Å². The number of rotatable bonds is 8. The fraction of sp³-hybridized carbons (Fsp3) is 0.381. The molecule has 0 aliphatic heterocycles. The number of nitrogens with two attached hydrogens (primary N) is 1. The molecule has 0 bridgehead atoms. The third kappa shape index (κ3) is 6.33. The van der Waals surface area contributed by atoms with Crippen LogP contribution in [-0.4, -0.2) is 18.0 Å². The summed E-state index contributed by atoms with van der Waals surface area (Å²) in [6, 6.07) is 19.9. The van der Waals surface area contributed by atoms with E-state index in [1.54, 1.807) is 0 Å². The molecule has 2 aromatic rings. The Balaban J connectivity index is 1.81. The van der Waals surface area contributed by atoms with Gasteiger partial charge in [-0.05, 0) is 31.9 Å². The van der Waals surface area contributed by atoms with E-state index >= 15 is 0 Å². The van der Waals surface area contributed by atoms with Crippen molar-refractivity contribution in [2.75, 3.05) is 6.54 Å². The Hall–Kier alpha value is -2.17. The molecule has 4 heteroatoms. The number of hydrogen-bond donors (Lipinski definition) is 3. The molecule has 4 N–H and O–H groups in total. The minimum absolute atomic E-state index is 0.0291. The Labute approximate surface area is 150 Å². The van der Waals surface area contributed by atoms with Gasteiger partial charge < -0.3 is 16.4 Å². The molecule has 4 nitrogen and oxygen atoms in total. The first-order valence-electron chi connectivity index (χ1n) is 8.77. The number of nitrogens with one attached hydrogen (secondary N) is 2. The second kappa shape index (κ2) is 8.79. The first kappa shape index (κ1) is 19.2. The van der Waals surface area contributed by atoms with Gasteiger partial charge in [0.15, 0.2) is 0 Å². The summed E-state index contributed by atoms with van der Waals surface area (Å²) in [5.41, 5.74) is 8.10. The molecule has 0 saturated carbocycles. The fourth-order valence-corrected chi connectivity index (χ4v) is 2.87. The SMILES string of the molecule is CC(NC(C)(C)CNC(=O)CC(N)c1ccccc1)c1ccccc1. The van der Waals surface area contributed by atoms with Gasteiger partial charge in [0.1, 0.15) is 0 Å². The summed E-state index contributed by atoms with van der Waals surface area (Å²) in [6.45, 7) is 6.85. The lowest BCUT2D eigenvalue weighted by Crippen LogP contribution is -2.50. The van der Waals surface area contributed by atoms with Crippen molar-refractivity contribution in [3.63, 3.8) is 0 Å². The molecule has 2 atom stereocenters. The van der Waals surface area contributed by atoms with Crippen LogP contribution in [0.15, 0.2) is 60.7 Å². The molecule has 25 heavy (non-hydrogen) atoms. The maximum absolute atomic E-state index is 12.2. The summed E-state index contributed by atoms with van der Waals surface area (Å²) in [5.74, 6) is -0.0291. The van der Waals surface area contributed by atoms with Gasteiger partial charge in [-0.25, -0.2) is 0 Å². The van der Waals surface area contributed by atoms with Gasteiger partial charge in [-0.1, -0.05) is 60.7 Å². The van der Waals surface area contributed by atoms with Crippen molar-refractivity contribution in [3.8, 4) is 0 Å². The summed E-state index contributed by atoms with van der Waals surface area (Å²) >= 11 is 0. The Morgan fingerprint density at radius 1 is 1.00 bits per heavy atom. The lowest BCUT2D eigenvalue weighted by molar-refractivity contribution is -0.121. The van der Waals surface area contributed by atoms with E-state index in [4.69, 9.17) is 5.73 Å². The van der Waals surface area contributed by atoms with Gasteiger partial charge in [0.25, 0.3) is 0 Å². The van der Waals surface area contributed by atoms with Gasteiger partial charge in [-0.15, -0.1) is 0 Å². The molecule has 2 aromatic carbocycles. The number of benzene rings is 2. The van der Waals surface area contributed by atoms with Crippen LogP contribution in [0.3, 0.4) is 0 Å². The van der Waals surface area contributed by atoms with E-state index in [2.05, 4.69) is 43.5 Å². The highest BCUT2D eigenvalue weighted by molar-refractivity contribution is 5.76. The highest BCUT2D eigenvalue weighted by atomic mass is 16.1. The van der Waals surface area contributed by atoms with Crippen LogP contribution in [0, 0.1) is 0 Å². The van der Waals surface area contributed by atoms with Gasteiger partial charge in [0, 0.05) is 30.6 Å². The molecule has 0 aromatic heterocycles. The zero-order valence-electron chi connectivity index (χ0n) is 15.3. The maximum Gasteiger partial charge on any atom is 0.221 e. The Morgan fingerprint density at radius 3 is 2.08 bits per heavy atom. The summed E-state index contributed by atoms with van der Waals surface area (Å²) < 4.78 is 0. The Morgan fingerprint density at radius 2 is 1.52 bits per heavy atom. The van der Waals surface area contributed by atoms with Crippen molar-refractivity contribution < 1.29 is 4.79 Å². The van der Waals surface area contributed by atoms with Crippen molar-refractivity contribution in [2.24, 2.45) is 5.73 Å². The van der Waals surface area contributed by atoms with E-state index in [-0.39, 0.29) is 30.0 Å². The van der Waals surface area contributed by atoms with Crippen molar-refractivity contribution >= 4 is 5.91 Å². The average Bonchev–Trinajstić information content (AvgIpc) is 2.61. The summed E-state index contributed by atoms with van der Waals surface area (Å²) in [7, 11) is 0. The summed E-state index contributed by atoms with van der Waals surface area (Å²) in [6.07, 6.45) is 0.286. The third-order valence-corrected chi connectivity index (χ3v) is 4.27. The normalized spacial score (nSPS) is 13.9. The first-order valence-corrected chi connectivity index (χ1v) is 8.77. The number of carbonyl (C=O) groups is 1. The molecular formula is C21H29N3O. The van der Waals surface area contributed by atoms with Gasteiger partial charge in [-0.3, -0.25) is 4.79 Å². The van der Waals surface area contributed by atoms with Crippen LogP contribution in [0.5, 0.6) is 0 Å². The van der Waals surface area contributed by atoms with Gasteiger partial charge in [-0.2, -0.15) is 0 Å². The quantitative estimate of drug-likeness (QED) is 0.691. The molecular weight excluding hydrogens is 310 g/mol. The van der Waals surface area contributed by atoms with Crippen LogP contribution in [0.1, 0.15) is 50.4 Å². The second-order valence-corrected chi connectivity index (χ2v) is 7.16. The predicted octanol–water partition coefficient (Wildman–Crippen LogP) is 3.32. The third-order valence-electron chi connectivity index (χ3n) is 4.27. The zero-order chi connectivity index (χ0) is 18.3. The van der Waals surface area contributed by atoms with Crippen LogP contribution < -0.4 is 16.4 Å². The van der Waals surface area contributed by atoms with Crippen molar-refractivity contribution in [2.45, 2.75) is 44.8 Å². The number of carbonyl (C=O) groups excluding carboxylic acids is 1. The lowest BCUT2D eigenvalue weighted by atomic mass is 10.0. The molecule has 0 aliphatic rings. The monoisotopic (exact) mass is 339 g/mol. The van der Waals surface area contributed by atoms with Crippen LogP contribution >= 0.6 is 0 Å². The Bertz CT molecular complexity index is 655. The molecule has 0 saturated heterocycles. The van der Waals surface area contributed by atoms with E-state index in [1.807, 2.05) is 48.5 Å². The van der Waals surface area contributed by atoms with Crippen molar-refractivity contribution in [1.29, 1.82) is 0 Å². The second-order valence-electron chi connectivity index (χ2n) is 7.16. The van der Waals surface area contributed by atoms with Crippen LogP contribution in [0.25, 0.3) is 0 Å². The number of hydrogen-bond acceptors (Lipinski definition) is 3. The van der Waals surface area contributed by atoms with E-state index in [1.165, 1.54) is 5.56 Å². The van der Waals surface area contributed by atoms with E-state index < -0.39 is 0 Å². The predicted molar refractivity (Wildman–Crippen MR) is 103 cm³/mol. The van der Waals surface area contributed by atoms with Crippen molar-refractivity contribution in [1.82, 2.24) is 10.6 Å². The first-order chi connectivity index (χ1) is 11.9. The molecule has 0 heterocycles. The van der Waals surface area contributed by atoms with E-state index in [0.29, 0.717) is 6.54 Å². The topological polar surface area (TPSA) is 67.1 Å². The molecule has 1 amide bonds. The molecule has 0 radical (unpaired) electrons. The standard InChI is InChI=1S/C21H29N3O/c1-16(17-10-6-4-7-11-17)24-21(2,3)15-23-20(25)14-19(22)18-12-8-5-9-13-18/h4-13,16,19,24H,14-15,22H2,1-3H3,(H,23,25). The fourth-order valence-electron chi connectivity index (χ4n) is 2.87. The molecule has 2 rings (SSSR count). The molecule has 0 aliphatic carbocycles. The van der Waals surface area contributed by atoms with Crippen LogP contribution in [-0.2, 0) is 4.79 Å².